The Kier molecular flexibility index (Phi) is 6.29. The number of hydrogen-bond acceptors (Lipinski definition) is 7. The Labute approximate surface area is 183 Å². The van der Waals surface area contributed by atoms with Crippen LogP contribution in [0.25, 0.3) is 4.96 Å². The van der Waals surface area contributed by atoms with Gasteiger partial charge in [-0.3, -0.25) is 9.80 Å². The van der Waals surface area contributed by atoms with Crippen LogP contribution in [0, 0.1) is 0 Å². The standard InChI is InChI=1S/C19H23Cl2N5O2S/c1-2-15-22-19-26(23-15)18(28)17(29-19)16(13-4-3-12(20)11-14(13)21)25-7-5-24(6-8-25)9-10-27/h3-4,11,16,27-28H,2,5-10H2,1H3/t16-/m0/s1. The SMILES string of the molecule is CCc1nc2sc([C@H](c3ccc(Cl)cc3Cl)N3CCN(CCO)CC3)c(O)n2n1. The first-order valence-corrected chi connectivity index (χ1v) is 11.2. The monoisotopic (exact) mass is 455 g/mol. The minimum Gasteiger partial charge on any atom is -0.492 e. The molecular weight excluding hydrogens is 433 g/mol. The van der Waals surface area contributed by atoms with Crippen molar-refractivity contribution in [2.24, 2.45) is 0 Å². The first-order chi connectivity index (χ1) is 14.0. The van der Waals surface area contributed by atoms with Gasteiger partial charge in [-0.05, 0) is 17.7 Å². The first-order valence-electron chi connectivity index (χ1n) is 9.61. The van der Waals surface area contributed by atoms with Gasteiger partial charge >= 0.3 is 0 Å². The highest BCUT2D eigenvalue weighted by Gasteiger charge is 2.32. The molecule has 0 spiro atoms. The van der Waals surface area contributed by atoms with Crippen LogP contribution in [0.1, 0.15) is 29.2 Å². The molecule has 7 nitrogen and oxygen atoms in total. The maximum absolute atomic E-state index is 11.0. The molecule has 0 amide bonds. The second kappa shape index (κ2) is 8.75. The Balaban J connectivity index is 1.74. The summed E-state index contributed by atoms with van der Waals surface area (Å²) in [4.78, 5) is 10.5. The second-order valence-electron chi connectivity index (χ2n) is 7.04. The van der Waals surface area contributed by atoms with Gasteiger partial charge in [0.05, 0.1) is 17.5 Å². The van der Waals surface area contributed by atoms with E-state index in [1.807, 2.05) is 19.1 Å². The zero-order chi connectivity index (χ0) is 20.5. The molecule has 2 aromatic heterocycles. The van der Waals surface area contributed by atoms with E-state index in [1.165, 1.54) is 15.9 Å². The molecule has 1 saturated heterocycles. The van der Waals surface area contributed by atoms with Crippen LogP contribution in [-0.4, -0.2) is 73.9 Å². The van der Waals surface area contributed by atoms with Crippen LogP contribution in [0.5, 0.6) is 5.88 Å². The molecule has 1 aliphatic rings. The number of aryl methyl sites for hydroxylation is 1. The summed E-state index contributed by atoms with van der Waals surface area (Å²) in [5.41, 5.74) is 0.891. The van der Waals surface area contributed by atoms with Crippen LogP contribution in [-0.2, 0) is 6.42 Å². The smallest absolute Gasteiger partial charge is 0.230 e. The highest BCUT2D eigenvalue weighted by atomic mass is 35.5. The van der Waals surface area contributed by atoms with Crippen LogP contribution in [0.3, 0.4) is 0 Å². The van der Waals surface area contributed by atoms with E-state index in [0.717, 1.165) is 36.6 Å². The lowest BCUT2D eigenvalue weighted by molar-refractivity contribution is 0.0946. The van der Waals surface area contributed by atoms with Gasteiger partial charge in [-0.2, -0.15) is 4.52 Å². The number of halogens is 2. The van der Waals surface area contributed by atoms with Gasteiger partial charge in [0.2, 0.25) is 10.8 Å². The number of thiazole rings is 1. The maximum Gasteiger partial charge on any atom is 0.230 e. The van der Waals surface area contributed by atoms with Gasteiger partial charge in [0.15, 0.2) is 5.82 Å². The lowest BCUT2D eigenvalue weighted by Gasteiger charge is -2.39. The third kappa shape index (κ3) is 4.10. The first kappa shape index (κ1) is 20.8. The van der Waals surface area contributed by atoms with E-state index in [4.69, 9.17) is 23.2 Å². The third-order valence-electron chi connectivity index (χ3n) is 5.25. The fraction of sp³-hybridized carbons (Fsp3) is 0.474. The number of aliphatic hydroxyl groups is 1. The number of benzene rings is 1. The lowest BCUT2D eigenvalue weighted by Crippen LogP contribution is -2.48. The zero-order valence-corrected chi connectivity index (χ0v) is 18.4. The highest BCUT2D eigenvalue weighted by Crippen LogP contribution is 2.42. The summed E-state index contributed by atoms with van der Waals surface area (Å²) in [5, 5.41) is 25.7. The molecule has 4 rings (SSSR count). The molecule has 0 unspecified atom stereocenters. The summed E-state index contributed by atoms with van der Waals surface area (Å²) < 4.78 is 1.51. The van der Waals surface area contributed by atoms with Crippen molar-refractivity contribution >= 4 is 39.5 Å². The van der Waals surface area contributed by atoms with Gasteiger partial charge in [0.1, 0.15) is 0 Å². The number of rotatable bonds is 6. The summed E-state index contributed by atoms with van der Waals surface area (Å²) in [6, 6.07) is 5.24. The molecular formula is C19H23Cl2N5O2S. The minimum absolute atomic E-state index is 0.103. The Bertz CT molecular complexity index is 1000. The van der Waals surface area contributed by atoms with Crippen LogP contribution in [0.4, 0.5) is 0 Å². The zero-order valence-electron chi connectivity index (χ0n) is 16.1. The molecule has 0 bridgehead atoms. The number of nitrogens with zero attached hydrogens (tertiary/aromatic N) is 5. The van der Waals surface area contributed by atoms with Crippen molar-refractivity contribution in [1.82, 2.24) is 24.4 Å². The van der Waals surface area contributed by atoms with Gasteiger partial charge in [-0.15, -0.1) is 5.10 Å². The number of β-amino-alcohol motifs (C(OH)–C–C–N with tert-alkyl or cyclic N) is 1. The van der Waals surface area contributed by atoms with Gasteiger partial charge in [-0.1, -0.05) is 47.5 Å². The van der Waals surface area contributed by atoms with Gasteiger partial charge < -0.3 is 10.2 Å². The van der Waals surface area contributed by atoms with E-state index < -0.39 is 0 Å². The second-order valence-corrected chi connectivity index (χ2v) is 8.89. The van der Waals surface area contributed by atoms with E-state index in [0.29, 0.717) is 33.8 Å². The van der Waals surface area contributed by atoms with Gasteiger partial charge in [0.25, 0.3) is 0 Å². The lowest BCUT2D eigenvalue weighted by atomic mass is 10.0. The van der Waals surface area contributed by atoms with E-state index >= 15 is 0 Å². The molecule has 29 heavy (non-hydrogen) atoms. The van der Waals surface area contributed by atoms with Gasteiger partial charge in [0, 0.05) is 49.2 Å². The largest absolute Gasteiger partial charge is 0.492 e. The molecule has 0 aliphatic carbocycles. The molecule has 10 heteroatoms. The van der Waals surface area contributed by atoms with E-state index in [9.17, 15) is 10.2 Å². The van der Waals surface area contributed by atoms with Crippen molar-refractivity contribution < 1.29 is 10.2 Å². The number of piperazine rings is 1. The molecule has 1 aliphatic heterocycles. The Morgan fingerprint density at radius 3 is 2.59 bits per heavy atom. The molecule has 0 saturated carbocycles. The van der Waals surface area contributed by atoms with Gasteiger partial charge in [-0.25, -0.2) is 4.98 Å². The Hall–Kier alpha value is -1.42. The predicted molar refractivity (Wildman–Crippen MR) is 115 cm³/mol. The highest BCUT2D eigenvalue weighted by molar-refractivity contribution is 7.17. The topological polar surface area (TPSA) is 77.1 Å². The third-order valence-corrected chi connectivity index (χ3v) is 6.89. The predicted octanol–water partition coefficient (Wildman–Crippen LogP) is 3.06. The molecule has 0 radical (unpaired) electrons. The van der Waals surface area contributed by atoms with Crippen molar-refractivity contribution in [3.05, 3.63) is 44.5 Å². The van der Waals surface area contributed by atoms with E-state index in [2.05, 4.69) is 19.9 Å². The van der Waals surface area contributed by atoms with Crippen molar-refractivity contribution in [2.75, 3.05) is 39.3 Å². The number of hydrogen-bond donors (Lipinski definition) is 2. The summed E-state index contributed by atoms with van der Waals surface area (Å²) in [6.07, 6.45) is 0.711. The minimum atomic E-state index is -0.227. The van der Waals surface area contributed by atoms with E-state index in [-0.39, 0.29) is 18.5 Å². The summed E-state index contributed by atoms with van der Waals surface area (Å²) in [5.74, 6) is 0.808. The molecule has 3 heterocycles. The van der Waals surface area contributed by atoms with Crippen molar-refractivity contribution in [2.45, 2.75) is 19.4 Å². The van der Waals surface area contributed by atoms with E-state index in [1.54, 1.807) is 6.07 Å². The number of aromatic nitrogens is 3. The molecule has 1 aromatic carbocycles. The molecule has 1 fully saturated rings. The maximum atomic E-state index is 11.0. The van der Waals surface area contributed by atoms with Crippen molar-refractivity contribution in [3.8, 4) is 5.88 Å². The molecule has 156 valence electrons. The number of aromatic hydroxyl groups is 1. The van der Waals surface area contributed by atoms with Crippen molar-refractivity contribution in [3.63, 3.8) is 0 Å². The average molecular weight is 456 g/mol. The number of aliphatic hydroxyl groups excluding tert-OH is 1. The van der Waals surface area contributed by atoms with Crippen LogP contribution < -0.4 is 0 Å². The Morgan fingerprint density at radius 1 is 1.21 bits per heavy atom. The average Bonchev–Trinajstić information content (AvgIpc) is 3.24. The fourth-order valence-corrected chi connectivity index (χ4v) is 5.37. The van der Waals surface area contributed by atoms with Crippen molar-refractivity contribution in [1.29, 1.82) is 0 Å². The normalized spacial score (nSPS) is 17.2. The fourth-order valence-electron chi connectivity index (χ4n) is 3.73. The van der Waals surface area contributed by atoms with Crippen LogP contribution >= 0.6 is 34.5 Å². The molecule has 1 atom stereocenters. The summed E-state index contributed by atoms with van der Waals surface area (Å²) in [6.45, 7) is 6.06. The quantitative estimate of drug-likeness (QED) is 0.594. The number of fused-ring (bicyclic) bond motifs is 1. The Morgan fingerprint density at radius 2 is 1.97 bits per heavy atom. The van der Waals surface area contributed by atoms with Crippen LogP contribution in [0.2, 0.25) is 10.0 Å². The summed E-state index contributed by atoms with van der Waals surface area (Å²) in [7, 11) is 0. The molecule has 2 N–H and O–H groups in total. The summed E-state index contributed by atoms with van der Waals surface area (Å²) >= 11 is 14.1. The molecule has 3 aromatic rings. The van der Waals surface area contributed by atoms with Crippen LogP contribution in [0.15, 0.2) is 18.2 Å².